The number of hydrogen-bond acceptors (Lipinski definition) is 5. The summed E-state index contributed by atoms with van der Waals surface area (Å²) in [5, 5.41) is 4.01. The second-order valence-corrected chi connectivity index (χ2v) is 5.74. The lowest BCUT2D eigenvalue weighted by atomic mass is 10.1. The van der Waals surface area contributed by atoms with Gasteiger partial charge in [0.25, 0.3) is 5.89 Å². The maximum atomic E-state index is 5.86. The number of nitrogens with zero attached hydrogens (tertiary/aromatic N) is 2. The summed E-state index contributed by atoms with van der Waals surface area (Å²) in [6.45, 7) is 6.40. The summed E-state index contributed by atoms with van der Waals surface area (Å²) >= 11 is 0. The Kier molecular flexibility index (Phi) is 4.51. The van der Waals surface area contributed by atoms with Crippen LogP contribution in [-0.4, -0.2) is 17.3 Å². The maximum Gasteiger partial charge on any atom is 0.264 e. The van der Waals surface area contributed by atoms with Gasteiger partial charge in [0.1, 0.15) is 11.5 Å². The second kappa shape index (κ2) is 6.74. The van der Waals surface area contributed by atoms with Gasteiger partial charge in [-0.1, -0.05) is 23.4 Å². The number of aryl methyl sites for hydroxylation is 2. The molecule has 0 saturated carbocycles. The van der Waals surface area contributed by atoms with Crippen LogP contribution in [0.3, 0.4) is 0 Å². The van der Waals surface area contributed by atoms with Gasteiger partial charge >= 0.3 is 0 Å². The van der Waals surface area contributed by atoms with Crippen LogP contribution >= 0.6 is 0 Å². The van der Waals surface area contributed by atoms with E-state index in [1.165, 1.54) is 5.56 Å². The standard InChI is InChI=1S/C19H20N2O3/c1-12-8-13(2)14(3)17(9-12)23-11-18-20-19(21-24-18)15-6-5-7-16(10-15)22-4/h5-10H,11H2,1-4H3. The number of hydrogen-bond donors (Lipinski definition) is 0. The quantitative estimate of drug-likeness (QED) is 0.702. The molecule has 1 heterocycles. The predicted octanol–water partition coefficient (Wildman–Crippen LogP) is 4.25. The highest BCUT2D eigenvalue weighted by atomic mass is 16.5. The predicted molar refractivity (Wildman–Crippen MR) is 91.3 cm³/mol. The summed E-state index contributed by atoms with van der Waals surface area (Å²) in [6.07, 6.45) is 0. The molecule has 0 unspecified atom stereocenters. The Bertz CT molecular complexity index is 856. The molecule has 0 aliphatic heterocycles. The third kappa shape index (κ3) is 3.40. The summed E-state index contributed by atoms with van der Waals surface area (Å²) in [4.78, 5) is 4.39. The van der Waals surface area contributed by atoms with E-state index in [1.807, 2.05) is 44.2 Å². The smallest absolute Gasteiger partial charge is 0.264 e. The minimum absolute atomic E-state index is 0.237. The summed E-state index contributed by atoms with van der Waals surface area (Å²) < 4.78 is 16.4. The first kappa shape index (κ1) is 16.1. The van der Waals surface area contributed by atoms with E-state index in [0.717, 1.165) is 28.2 Å². The molecule has 1 aromatic heterocycles. The minimum Gasteiger partial charge on any atom is -0.497 e. The lowest BCUT2D eigenvalue weighted by Crippen LogP contribution is -1.99. The van der Waals surface area contributed by atoms with Gasteiger partial charge in [-0.15, -0.1) is 0 Å². The molecule has 0 N–H and O–H groups in total. The molecule has 0 bridgehead atoms. The Balaban J connectivity index is 1.75. The second-order valence-electron chi connectivity index (χ2n) is 5.74. The average molecular weight is 324 g/mol. The molecule has 5 nitrogen and oxygen atoms in total. The zero-order chi connectivity index (χ0) is 17.1. The van der Waals surface area contributed by atoms with Gasteiger partial charge in [-0.3, -0.25) is 0 Å². The van der Waals surface area contributed by atoms with Gasteiger partial charge in [0, 0.05) is 5.56 Å². The Labute approximate surface area is 141 Å². The highest BCUT2D eigenvalue weighted by molar-refractivity contribution is 5.56. The zero-order valence-electron chi connectivity index (χ0n) is 14.3. The van der Waals surface area contributed by atoms with Crippen molar-refractivity contribution in [3.8, 4) is 22.9 Å². The number of benzene rings is 2. The van der Waals surface area contributed by atoms with Crippen molar-refractivity contribution in [2.45, 2.75) is 27.4 Å². The first-order valence-corrected chi connectivity index (χ1v) is 7.74. The Hall–Kier alpha value is -2.82. The number of ether oxygens (including phenoxy) is 2. The number of aromatic nitrogens is 2. The van der Waals surface area contributed by atoms with Crippen molar-refractivity contribution in [1.82, 2.24) is 10.1 Å². The van der Waals surface area contributed by atoms with Crippen molar-refractivity contribution in [3.05, 3.63) is 59.0 Å². The average Bonchev–Trinajstić information content (AvgIpc) is 3.06. The fourth-order valence-electron chi connectivity index (χ4n) is 2.48. The van der Waals surface area contributed by atoms with Crippen molar-refractivity contribution in [3.63, 3.8) is 0 Å². The van der Waals surface area contributed by atoms with Crippen LogP contribution in [0.5, 0.6) is 11.5 Å². The van der Waals surface area contributed by atoms with Crippen molar-refractivity contribution >= 4 is 0 Å². The van der Waals surface area contributed by atoms with Crippen LogP contribution in [0.1, 0.15) is 22.6 Å². The van der Waals surface area contributed by atoms with Gasteiger partial charge in [-0.2, -0.15) is 4.98 Å². The van der Waals surface area contributed by atoms with Crippen molar-refractivity contribution in [2.75, 3.05) is 7.11 Å². The maximum absolute atomic E-state index is 5.86. The van der Waals surface area contributed by atoms with Crippen molar-refractivity contribution < 1.29 is 14.0 Å². The molecule has 24 heavy (non-hydrogen) atoms. The van der Waals surface area contributed by atoms with E-state index in [4.69, 9.17) is 14.0 Å². The number of methoxy groups -OCH3 is 1. The topological polar surface area (TPSA) is 57.4 Å². The molecule has 0 radical (unpaired) electrons. The molecule has 0 aliphatic carbocycles. The molecular formula is C19H20N2O3. The lowest BCUT2D eigenvalue weighted by molar-refractivity contribution is 0.241. The monoisotopic (exact) mass is 324 g/mol. The van der Waals surface area contributed by atoms with Gasteiger partial charge in [0.15, 0.2) is 6.61 Å². The molecule has 124 valence electrons. The third-order valence-corrected chi connectivity index (χ3v) is 3.91. The van der Waals surface area contributed by atoms with E-state index in [0.29, 0.717) is 11.7 Å². The van der Waals surface area contributed by atoms with E-state index in [9.17, 15) is 0 Å². The van der Waals surface area contributed by atoms with E-state index >= 15 is 0 Å². The van der Waals surface area contributed by atoms with Gasteiger partial charge in [-0.05, 0) is 55.7 Å². The molecule has 3 aromatic rings. The SMILES string of the molecule is COc1cccc(-c2noc(COc3cc(C)cc(C)c3C)n2)c1. The van der Waals surface area contributed by atoms with Crippen LogP contribution in [0.15, 0.2) is 40.9 Å². The van der Waals surface area contributed by atoms with Crippen LogP contribution in [0.4, 0.5) is 0 Å². The fraction of sp³-hybridized carbons (Fsp3) is 0.263. The molecule has 0 spiro atoms. The van der Waals surface area contributed by atoms with Gasteiger partial charge in [-0.25, -0.2) is 0 Å². The lowest BCUT2D eigenvalue weighted by Gasteiger charge is -2.10. The van der Waals surface area contributed by atoms with E-state index < -0.39 is 0 Å². The van der Waals surface area contributed by atoms with Crippen LogP contribution in [-0.2, 0) is 6.61 Å². The Morgan fingerprint density at radius 2 is 1.92 bits per heavy atom. The van der Waals surface area contributed by atoms with Crippen LogP contribution in [0.2, 0.25) is 0 Å². The normalized spacial score (nSPS) is 10.7. The Morgan fingerprint density at radius 3 is 2.71 bits per heavy atom. The molecule has 0 amide bonds. The van der Waals surface area contributed by atoms with Gasteiger partial charge in [0.2, 0.25) is 5.82 Å². The molecule has 5 heteroatoms. The van der Waals surface area contributed by atoms with E-state index in [1.54, 1.807) is 7.11 Å². The summed E-state index contributed by atoms with van der Waals surface area (Å²) in [5.41, 5.74) is 4.32. The van der Waals surface area contributed by atoms with Gasteiger partial charge < -0.3 is 14.0 Å². The Morgan fingerprint density at radius 1 is 1.08 bits per heavy atom. The summed E-state index contributed by atoms with van der Waals surface area (Å²) in [7, 11) is 1.63. The molecule has 0 atom stereocenters. The fourth-order valence-corrected chi connectivity index (χ4v) is 2.48. The van der Waals surface area contributed by atoms with E-state index in [2.05, 4.69) is 23.1 Å². The number of rotatable bonds is 5. The van der Waals surface area contributed by atoms with Crippen molar-refractivity contribution in [2.24, 2.45) is 0 Å². The third-order valence-electron chi connectivity index (χ3n) is 3.91. The summed E-state index contributed by atoms with van der Waals surface area (Å²) in [5.74, 6) is 2.55. The molecule has 0 fully saturated rings. The largest absolute Gasteiger partial charge is 0.497 e. The highest BCUT2D eigenvalue weighted by Gasteiger charge is 2.11. The molecular weight excluding hydrogens is 304 g/mol. The summed E-state index contributed by atoms with van der Waals surface area (Å²) in [6, 6.07) is 11.7. The zero-order valence-corrected chi connectivity index (χ0v) is 14.3. The molecule has 0 aliphatic rings. The van der Waals surface area contributed by atoms with Gasteiger partial charge in [0.05, 0.1) is 7.11 Å². The van der Waals surface area contributed by atoms with Crippen LogP contribution in [0.25, 0.3) is 11.4 Å². The molecule has 2 aromatic carbocycles. The van der Waals surface area contributed by atoms with Crippen LogP contribution in [0, 0.1) is 20.8 Å². The first-order chi connectivity index (χ1) is 11.6. The highest BCUT2D eigenvalue weighted by Crippen LogP contribution is 2.25. The van der Waals surface area contributed by atoms with E-state index in [-0.39, 0.29) is 6.61 Å². The first-order valence-electron chi connectivity index (χ1n) is 7.74. The van der Waals surface area contributed by atoms with Crippen LogP contribution < -0.4 is 9.47 Å². The minimum atomic E-state index is 0.237. The van der Waals surface area contributed by atoms with Crippen molar-refractivity contribution in [1.29, 1.82) is 0 Å². The molecule has 3 rings (SSSR count). The molecule has 0 saturated heterocycles.